The lowest BCUT2D eigenvalue weighted by Crippen LogP contribution is -2.52. The van der Waals surface area contributed by atoms with Crippen LogP contribution in [-0.4, -0.2) is 62.4 Å². The number of amides is 2. The van der Waals surface area contributed by atoms with Crippen molar-refractivity contribution < 1.29 is 33.3 Å². The molecule has 172 valence electrons. The number of carbonyl (C=O) groups is 3. The van der Waals surface area contributed by atoms with Gasteiger partial charge in [-0.15, -0.1) is 0 Å². The van der Waals surface area contributed by atoms with E-state index in [4.69, 9.17) is 18.9 Å². The minimum atomic E-state index is -0.894. The number of hydrogen-bond donors (Lipinski definition) is 3. The van der Waals surface area contributed by atoms with Crippen LogP contribution in [0.2, 0.25) is 0 Å². The van der Waals surface area contributed by atoms with E-state index in [0.29, 0.717) is 38.2 Å². The molecule has 1 heterocycles. The molecule has 0 spiro atoms. The maximum Gasteiger partial charge on any atom is 0.408 e. The maximum absolute atomic E-state index is 12.7. The first kappa shape index (κ1) is 25.0. The molecular formula is C21H30N2O7S. The number of thiol groups is 1. The van der Waals surface area contributed by atoms with Gasteiger partial charge in [-0.05, 0) is 37.0 Å². The highest BCUT2D eigenvalue weighted by Gasteiger charge is 2.27. The number of benzene rings is 1. The van der Waals surface area contributed by atoms with Crippen molar-refractivity contribution >= 4 is 30.6 Å². The molecule has 2 unspecified atom stereocenters. The van der Waals surface area contributed by atoms with E-state index in [1.165, 1.54) is 7.11 Å². The monoisotopic (exact) mass is 454 g/mol. The summed E-state index contributed by atoms with van der Waals surface area (Å²) in [6, 6.07) is 7.46. The predicted molar refractivity (Wildman–Crippen MR) is 116 cm³/mol. The molecule has 0 saturated carbocycles. The molecule has 1 aromatic rings. The molecule has 1 aliphatic heterocycles. The van der Waals surface area contributed by atoms with Crippen LogP contribution >= 0.6 is 12.6 Å². The summed E-state index contributed by atoms with van der Waals surface area (Å²) in [7, 11) is 1.26. The summed E-state index contributed by atoms with van der Waals surface area (Å²) in [5.74, 6) is -0.705. The number of hydrogen-bond acceptors (Lipinski definition) is 8. The summed E-state index contributed by atoms with van der Waals surface area (Å²) >= 11 is 4.15. The second-order valence-corrected chi connectivity index (χ2v) is 7.40. The Morgan fingerprint density at radius 1 is 1.10 bits per heavy atom. The van der Waals surface area contributed by atoms with Crippen molar-refractivity contribution in [2.45, 2.75) is 50.7 Å². The molecule has 2 amide bonds. The van der Waals surface area contributed by atoms with Crippen LogP contribution in [0, 0.1) is 0 Å². The van der Waals surface area contributed by atoms with E-state index in [2.05, 4.69) is 23.3 Å². The van der Waals surface area contributed by atoms with E-state index >= 15 is 0 Å². The summed E-state index contributed by atoms with van der Waals surface area (Å²) in [5, 5.41) is 5.19. The second kappa shape index (κ2) is 13.9. The van der Waals surface area contributed by atoms with Crippen molar-refractivity contribution in [2.24, 2.45) is 0 Å². The number of alkyl carbamates (subject to hydrolysis) is 1. The molecular weight excluding hydrogens is 424 g/mol. The lowest BCUT2D eigenvalue weighted by atomic mass is 10.1. The molecule has 0 bridgehead atoms. The van der Waals surface area contributed by atoms with Gasteiger partial charge in [0, 0.05) is 0 Å². The van der Waals surface area contributed by atoms with Crippen molar-refractivity contribution in [3.63, 3.8) is 0 Å². The van der Waals surface area contributed by atoms with E-state index in [0.717, 1.165) is 5.56 Å². The lowest BCUT2D eigenvalue weighted by molar-refractivity contribution is -0.145. The highest BCUT2D eigenvalue weighted by atomic mass is 32.1. The van der Waals surface area contributed by atoms with Crippen molar-refractivity contribution in [1.82, 2.24) is 10.6 Å². The highest BCUT2D eigenvalue weighted by Crippen LogP contribution is 2.13. The summed E-state index contributed by atoms with van der Waals surface area (Å²) in [5.41, 5.74) is 0.828. The molecule has 1 fully saturated rings. The van der Waals surface area contributed by atoms with Gasteiger partial charge in [0.1, 0.15) is 18.7 Å². The molecule has 0 radical (unpaired) electrons. The number of nitrogens with one attached hydrogen (secondary N) is 2. The molecule has 1 aromatic carbocycles. The van der Waals surface area contributed by atoms with Gasteiger partial charge in [0.2, 0.25) is 5.91 Å². The number of rotatable bonds is 12. The third-order valence-electron chi connectivity index (χ3n) is 4.66. The summed E-state index contributed by atoms with van der Waals surface area (Å²) in [6.07, 6.45) is 0.811. The first-order chi connectivity index (χ1) is 15.0. The summed E-state index contributed by atoms with van der Waals surface area (Å²) < 4.78 is 20.7. The molecule has 0 aromatic heterocycles. The van der Waals surface area contributed by atoms with Gasteiger partial charge in [-0.25, -0.2) is 9.59 Å². The van der Waals surface area contributed by atoms with Crippen LogP contribution in [0.5, 0.6) is 0 Å². The van der Waals surface area contributed by atoms with E-state index in [1.54, 1.807) is 0 Å². The highest BCUT2D eigenvalue weighted by molar-refractivity contribution is 7.80. The topological polar surface area (TPSA) is 112 Å². The predicted octanol–water partition coefficient (Wildman–Crippen LogP) is 1.80. The molecule has 10 heteroatoms. The summed E-state index contributed by atoms with van der Waals surface area (Å²) in [4.78, 5) is 37.0. The van der Waals surface area contributed by atoms with Gasteiger partial charge in [-0.2, -0.15) is 12.6 Å². The molecule has 1 saturated heterocycles. The molecule has 9 nitrogen and oxygen atoms in total. The van der Waals surface area contributed by atoms with Gasteiger partial charge in [-0.3, -0.25) is 4.79 Å². The Hall–Kier alpha value is -2.30. The van der Waals surface area contributed by atoms with Crippen LogP contribution in [0.15, 0.2) is 30.3 Å². The number of carbonyl (C=O) groups excluding carboxylic acids is 3. The Kier molecular flexibility index (Phi) is 11.2. The minimum Gasteiger partial charge on any atom is -0.467 e. The van der Waals surface area contributed by atoms with Gasteiger partial charge in [0.05, 0.1) is 20.3 Å². The first-order valence-electron chi connectivity index (χ1n) is 10.2. The molecule has 0 aliphatic carbocycles. The SMILES string of the molecule is COC(=O)C(CCCC1OCCO1)NC(=O)C(CCS)NC(=O)OCc1ccccc1. The molecule has 1 aliphatic rings. The van der Waals surface area contributed by atoms with Gasteiger partial charge >= 0.3 is 12.1 Å². The normalized spacial score (nSPS) is 15.7. The van der Waals surface area contributed by atoms with Crippen LogP contribution in [0.4, 0.5) is 4.79 Å². The zero-order valence-corrected chi connectivity index (χ0v) is 18.5. The van der Waals surface area contributed by atoms with Crippen molar-refractivity contribution in [2.75, 3.05) is 26.1 Å². The van der Waals surface area contributed by atoms with Crippen LogP contribution in [-0.2, 0) is 35.1 Å². The van der Waals surface area contributed by atoms with Gasteiger partial charge < -0.3 is 29.6 Å². The Morgan fingerprint density at radius 2 is 1.81 bits per heavy atom. The fraction of sp³-hybridized carbons (Fsp3) is 0.571. The van der Waals surface area contributed by atoms with E-state index in [-0.39, 0.29) is 19.3 Å². The summed E-state index contributed by atoms with van der Waals surface area (Å²) in [6.45, 7) is 1.19. The largest absolute Gasteiger partial charge is 0.467 e. The Morgan fingerprint density at radius 3 is 2.45 bits per heavy atom. The van der Waals surface area contributed by atoms with Crippen molar-refractivity contribution in [1.29, 1.82) is 0 Å². The zero-order chi connectivity index (χ0) is 22.5. The molecule has 2 N–H and O–H groups in total. The van der Waals surface area contributed by atoms with Crippen LogP contribution in [0.1, 0.15) is 31.2 Å². The van der Waals surface area contributed by atoms with Gasteiger partial charge in [0.25, 0.3) is 0 Å². The van der Waals surface area contributed by atoms with E-state index in [9.17, 15) is 14.4 Å². The average Bonchev–Trinajstić information content (AvgIpc) is 3.30. The number of esters is 1. The van der Waals surface area contributed by atoms with Crippen molar-refractivity contribution in [3.8, 4) is 0 Å². The quantitative estimate of drug-likeness (QED) is 0.326. The standard InChI is InChI=1S/C21H30N2O7S/c1-27-20(25)17(8-5-9-18-28-11-12-29-18)22-19(24)16(10-13-31)23-21(26)30-14-15-6-3-2-4-7-15/h2-4,6-7,16-18,31H,5,8-14H2,1H3,(H,22,24)(H,23,26). The van der Waals surface area contributed by atoms with Crippen molar-refractivity contribution in [3.05, 3.63) is 35.9 Å². The Balaban J connectivity index is 1.85. The van der Waals surface area contributed by atoms with E-state index < -0.39 is 30.1 Å². The molecule has 2 atom stereocenters. The lowest BCUT2D eigenvalue weighted by Gasteiger charge is -2.22. The third kappa shape index (κ3) is 9.16. The molecule has 2 rings (SSSR count). The Bertz CT molecular complexity index is 698. The van der Waals surface area contributed by atoms with Gasteiger partial charge in [-0.1, -0.05) is 30.3 Å². The van der Waals surface area contributed by atoms with Crippen LogP contribution < -0.4 is 10.6 Å². The first-order valence-corrected chi connectivity index (χ1v) is 10.9. The second-order valence-electron chi connectivity index (χ2n) is 6.96. The Labute approximate surface area is 187 Å². The number of methoxy groups -OCH3 is 1. The fourth-order valence-electron chi connectivity index (χ4n) is 3.03. The average molecular weight is 455 g/mol. The van der Waals surface area contributed by atoms with Crippen LogP contribution in [0.25, 0.3) is 0 Å². The van der Waals surface area contributed by atoms with Crippen LogP contribution in [0.3, 0.4) is 0 Å². The minimum absolute atomic E-state index is 0.0813. The molecule has 31 heavy (non-hydrogen) atoms. The van der Waals surface area contributed by atoms with E-state index in [1.807, 2.05) is 30.3 Å². The zero-order valence-electron chi connectivity index (χ0n) is 17.6. The maximum atomic E-state index is 12.7. The fourth-order valence-corrected chi connectivity index (χ4v) is 3.29. The smallest absolute Gasteiger partial charge is 0.408 e. The third-order valence-corrected chi connectivity index (χ3v) is 4.92. The number of ether oxygens (including phenoxy) is 4. The van der Waals surface area contributed by atoms with Gasteiger partial charge in [0.15, 0.2) is 6.29 Å².